The van der Waals surface area contributed by atoms with Crippen LogP contribution in [0.2, 0.25) is 0 Å². The Hall–Kier alpha value is -1.68. The minimum absolute atomic E-state index is 0.171. The van der Waals surface area contributed by atoms with E-state index in [1.54, 1.807) is 18.3 Å². The van der Waals surface area contributed by atoms with Gasteiger partial charge in [-0.3, -0.25) is 4.79 Å². The Bertz CT molecular complexity index is 942. The maximum atomic E-state index is 12.2. The number of halogens is 2. The molecule has 0 aliphatic carbocycles. The summed E-state index contributed by atoms with van der Waals surface area (Å²) in [6.45, 7) is 0. The Balaban J connectivity index is 1.69. The molecular weight excluding hydrogens is 542 g/mol. The van der Waals surface area contributed by atoms with Crippen LogP contribution < -0.4 is 5.43 Å². The number of nitrogens with one attached hydrogen (secondary N) is 1. The van der Waals surface area contributed by atoms with Gasteiger partial charge in [-0.25, -0.2) is 5.43 Å². The van der Waals surface area contributed by atoms with E-state index < -0.39 is 0 Å². The second-order valence-electron chi connectivity index (χ2n) is 5.44. The standard InChI is InChI=1S/C19H14I2N2O2/c20-16-8-12(9-17(21)19(16)25)11-22-23-18(24)10-14-6-3-5-13-4-1-2-7-15(13)14/h1-9,11,25H,10H2,(H,23,24)/b22-11-. The van der Waals surface area contributed by atoms with Gasteiger partial charge in [0.15, 0.2) is 0 Å². The number of amides is 1. The molecule has 0 heterocycles. The smallest absolute Gasteiger partial charge is 0.244 e. The maximum Gasteiger partial charge on any atom is 0.244 e. The molecule has 0 unspecified atom stereocenters. The van der Waals surface area contributed by atoms with Gasteiger partial charge < -0.3 is 5.11 Å². The Morgan fingerprint density at radius 2 is 1.76 bits per heavy atom. The molecule has 6 heteroatoms. The average molecular weight is 556 g/mol. The highest BCUT2D eigenvalue weighted by Crippen LogP contribution is 2.26. The molecule has 0 radical (unpaired) electrons. The van der Waals surface area contributed by atoms with Crippen molar-refractivity contribution >= 4 is 68.1 Å². The van der Waals surface area contributed by atoms with Gasteiger partial charge in [0.2, 0.25) is 5.91 Å². The van der Waals surface area contributed by atoms with Crippen LogP contribution in [0.25, 0.3) is 10.8 Å². The Morgan fingerprint density at radius 1 is 1.08 bits per heavy atom. The highest BCUT2D eigenvalue weighted by atomic mass is 127. The number of hydrazone groups is 1. The molecule has 0 saturated carbocycles. The number of carbonyl (C=O) groups is 1. The lowest BCUT2D eigenvalue weighted by atomic mass is 10.0. The van der Waals surface area contributed by atoms with Crippen LogP contribution in [-0.4, -0.2) is 17.2 Å². The van der Waals surface area contributed by atoms with Crippen molar-refractivity contribution in [3.8, 4) is 5.75 Å². The van der Waals surface area contributed by atoms with Crippen molar-refractivity contribution in [2.75, 3.05) is 0 Å². The molecule has 0 saturated heterocycles. The summed E-state index contributed by atoms with van der Waals surface area (Å²) < 4.78 is 1.49. The SMILES string of the molecule is O=C(Cc1cccc2ccccc12)N/N=C\c1cc(I)c(O)c(I)c1. The number of aromatic hydroxyl groups is 1. The lowest BCUT2D eigenvalue weighted by Gasteiger charge is -2.05. The largest absolute Gasteiger partial charge is 0.506 e. The van der Waals surface area contributed by atoms with Gasteiger partial charge in [0.25, 0.3) is 0 Å². The van der Waals surface area contributed by atoms with Gasteiger partial charge in [-0.15, -0.1) is 0 Å². The fourth-order valence-electron chi connectivity index (χ4n) is 2.50. The first kappa shape index (κ1) is 18.1. The molecule has 0 spiro atoms. The highest BCUT2D eigenvalue weighted by molar-refractivity contribution is 14.1. The van der Waals surface area contributed by atoms with Crippen LogP contribution in [0.4, 0.5) is 0 Å². The van der Waals surface area contributed by atoms with Crippen molar-refractivity contribution in [3.05, 3.63) is 72.9 Å². The molecule has 0 bridgehead atoms. The van der Waals surface area contributed by atoms with Crippen molar-refractivity contribution in [1.29, 1.82) is 0 Å². The molecule has 4 nitrogen and oxygen atoms in total. The number of carbonyl (C=O) groups excluding carboxylic acids is 1. The van der Waals surface area contributed by atoms with E-state index in [4.69, 9.17) is 0 Å². The second-order valence-corrected chi connectivity index (χ2v) is 7.77. The molecule has 25 heavy (non-hydrogen) atoms. The third-order valence-electron chi connectivity index (χ3n) is 3.67. The number of phenolic OH excluding ortho intramolecular Hbond substituents is 1. The first-order valence-corrected chi connectivity index (χ1v) is 9.67. The van der Waals surface area contributed by atoms with Gasteiger partial charge in [0, 0.05) is 0 Å². The third kappa shape index (κ3) is 4.49. The first-order valence-electron chi connectivity index (χ1n) is 7.51. The summed E-state index contributed by atoms with van der Waals surface area (Å²) in [6.07, 6.45) is 1.84. The van der Waals surface area contributed by atoms with Gasteiger partial charge in [0.05, 0.1) is 19.8 Å². The normalized spacial score (nSPS) is 11.1. The summed E-state index contributed by atoms with van der Waals surface area (Å²) in [6, 6.07) is 17.5. The lowest BCUT2D eigenvalue weighted by molar-refractivity contribution is -0.120. The minimum Gasteiger partial charge on any atom is -0.506 e. The topological polar surface area (TPSA) is 61.7 Å². The quantitative estimate of drug-likeness (QED) is 0.284. The fraction of sp³-hybridized carbons (Fsp3) is 0.0526. The van der Waals surface area contributed by atoms with Crippen LogP contribution in [0.3, 0.4) is 0 Å². The van der Waals surface area contributed by atoms with Gasteiger partial charge in [-0.05, 0) is 79.2 Å². The van der Waals surface area contributed by atoms with Crippen LogP contribution in [0.5, 0.6) is 5.75 Å². The van der Waals surface area contributed by atoms with E-state index in [9.17, 15) is 9.90 Å². The Kier molecular flexibility index (Phi) is 5.89. The van der Waals surface area contributed by atoms with Crippen LogP contribution in [-0.2, 0) is 11.2 Å². The van der Waals surface area contributed by atoms with E-state index in [1.165, 1.54) is 0 Å². The maximum absolute atomic E-state index is 12.2. The van der Waals surface area contributed by atoms with Crippen LogP contribution in [0, 0.1) is 7.14 Å². The van der Waals surface area contributed by atoms with Gasteiger partial charge in [-0.2, -0.15) is 5.10 Å². The molecule has 0 fully saturated rings. The van der Waals surface area contributed by atoms with Crippen molar-refractivity contribution < 1.29 is 9.90 Å². The third-order valence-corrected chi connectivity index (χ3v) is 5.32. The second kappa shape index (κ2) is 8.13. The summed E-state index contributed by atoms with van der Waals surface area (Å²) in [5, 5.41) is 16.0. The van der Waals surface area contributed by atoms with Crippen LogP contribution >= 0.6 is 45.2 Å². The molecule has 0 atom stereocenters. The number of fused-ring (bicyclic) bond motifs is 1. The predicted molar refractivity (Wildman–Crippen MR) is 117 cm³/mol. The molecular formula is C19H14I2N2O2. The van der Waals surface area contributed by atoms with Crippen LogP contribution in [0.1, 0.15) is 11.1 Å². The van der Waals surface area contributed by atoms with Crippen molar-refractivity contribution in [2.45, 2.75) is 6.42 Å². The van der Waals surface area contributed by atoms with E-state index in [1.807, 2.05) is 42.5 Å². The lowest BCUT2D eigenvalue weighted by Crippen LogP contribution is -2.19. The molecule has 3 rings (SSSR count). The molecule has 126 valence electrons. The summed E-state index contributed by atoms with van der Waals surface area (Å²) in [5.74, 6) is 0.0918. The van der Waals surface area contributed by atoms with Gasteiger partial charge >= 0.3 is 0 Å². The first-order chi connectivity index (χ1) is 12.0. The van der Waals surface area contributed by atoms with E-state index in [2.05, 4.69) is 55.7 Å². The van der Waals surface area contributed by atoms with Crippen molar-refractivity contribution in [3.63, 3.8) is 0 Å². The van der Waals surface area contributed by atoms with E-state index in [0.717, 1.165) is 29.0 Å². The van der Waals surface area contributed by atoms with Gasteiger partial charge in [0.1, 0.15) is 5.75 Å². The average Bonchev–Trinajstić information content (AvgIpc) is 2.60. The van der Waals surface area contributed by atoms with E-state index in [-0.39, 0.29) is 18.1 Å². The molecule has 0 aliphatic rings. The zero-order valence-electron chi connectivity index (χ0n) is 13.0. The zero-order chi connectivity index (χ0) is 17.8. The highest BCUT2D eigenvalue weighted by Gasteiger charge is 2.07. The molecule has 3 aromatic rings. The Labute approximate surface area is 172 Å². The number of hydrogen-bond donors (Lipinski definition) is 2. The monoisotopic (exact) mass is 556 g/mol. The number of rotatable bonds is 4. The fourth-order valence-corrected chi connectivity index (χ4v) is 4.31. The summed E-state index contributed by atoms with van der Waals surface area (Å²) in [5.41, 5.74) is 4.35. The molecule has 0 aliphatic heterocycles. The van der Waals surface area contributed by atoms with E-state index in [0.29, 0.717) is 0 Å². The molecule has 2 N–H and O–H groups in total. The molecule has 0 aromatic heterocycles. The number of benzene rings is 3. The number of phenols is 1. The summed E-state index contributed by atoms with van der Waals surface area (Å²) in [4.78, 5) is 12.2. The predicted octanol–water partition coefficient (Wildman–Crippen LogP) is 4.45. The zero-order valence-corrected chi connectivity index (χ0v) is 17.4. The van der Waals surface area contributed by atoms with Crippen LogP contribution in [0.15, 0.2) is 59.7 Å². The number of nitrogens with zero attached hydrogens (tertiary/aromatic N) is 1. The minimum atomic E-state index is -0.171. The summed E-state index contributed by atoms with van der Waals surface area (Å²) >= 11 is 4.12. The van der Waals surface area contributed by atoms with Gasteiger partial charge in [-0.1, -0.05) is 42.5 Å². The van der Waals surface area contributed by atoms with E-state index >= 15 is 0 Å². The Morgan fingerprint density at radius 3 is 2.52 bits per heavy atom. The summed E-state index contributed by atoms with van der Waals surface area (Å²) in [7, 11) is 0. The molecule has 1 amide bonds. The van der Waals surface area contributed by atoms with Crippen molar-refractivity contribution in [2.24, 2.45) is 5.10 Å². The van der Waals surface area contributed by atoms with Crippen molar-refractivity contribution in [1.82, 2.24) is 5.43 Å². The number of hydrogen-bond acceptors (Lipinski definition) is 3. The molecule has 3 aromatic carbocycles.